The lowest BCUT2D eigenvalue weighted by atomic mass is 9.80. The fraction of sp³-hybridized carbons (Fsp3) is 1.00. The molecule has 3 nitrogen and oxygen atoms in total. The van der Waals surface area contributed by atoms with E-state index in [9.17, 15) is 8.42 Å². The van der Waals surface area contributed by atoms with E-state index >= 15 is 0 Å². The van der Waals surface area contributed by atoms with Crippen LogP contribution in [-0.4, -0.2) is 19.3 Å². The minimum atomic E-state index is -3.21. The Bertz CT molecular complexity index is 328. The van der Waals surface area contributed by atoms with Crippen molar-refractivity contribution in [2.45, 2.75) is 75.6 Å². The van der Waals surface area contributed by atoms with E-state index in [4.69, 9.17) is 4.18 Å². The van der Waals surface area contributed by atoms with Crippen molar-refractivity contribution in [3.8, 4) is 0 Å². The molecule has 0 amide bonds. The molecule has 0 aromatic heterocycles. The first-order chi connectivity index (χ1) is 7.61. The van der Waals surface area contributed by atoms with Gasteiger partial charge in [-0.1, -0.05) is 45.4 Å². The third kappa shape index (κ3) is 2.14. The topological polar surface area (TPSA) is 43.4 Å². The monoisotopic (exact) mass is 246 g/mol. The van der Waals surface area contributed by atoms with Gasteiger partial charge in [-0.15, -0.1) is 0 Å². The van der Waals surface area contributed by atoms with Crippen molar-refractivity contribution in [2.24, 2.45) is 0 Å². The maximum Gasteiger partial charge on any atom is 0.273 e. The summed E-state index contributed by atoms with van der Waals surface area (Å²) in [5.74, 6) is 0. The molecule has 0 aromatic rings. The molecule has 0 N–H and O–H groups in total. The Labute approximate surface area is 98.7 Å². The van der Waals surface area contributed by atoms with Gasteiger partial charge < -0.3 is 0 Å². The summed E-state index contributed by atoms with van der Waals surface area (Å²) in [6.45, 7) is 2.14. The van der Waals surface area contributed by atoms with E-state index in [1.165, 1.54) is 6.42 Å². The van der Waals surface area contributed by atoms with Gasteiger partial charge in [0.25, 0.3) is 10.1 Å². The highest BCUT2D eigenvalue weighted by molar-refractivity contribution is 7.88. The van der Waals surface area contributed by atoms with Crippen LogP contribution in [0.3, 0.4) is 0 Å². The summed E-state index contributed by atoms with van der Waals surface area (Å²) in [4.78, 5) is 0. The SMILES string of the molecule is CCCCCC1C2(CCCCC2)OS1(=O)=O. The van der Waals surface area contributed by atoms with Crippen LogP contribution >= 0.6 is 0 Å². The molecule has 2 aliphatic rings. The fourth-order valence-corrected chi connectivity index (χ4v) is 5.09. The van der Waals surface area contributed by atoms with E-state index in [0.29, 0.717) is 0 Å². The zero-order chi connectivity index (χ0) is 11.6. The van der Waals surface area contributed by atoms with E-state index in [-0.39, 0.29) is 10.9 Å². The largest absolute Gasteiger partial charge is 0.273 e. The Balaban J connectivity index is 1.99. The molecule has 1 saturated carbocycles. The maximum absolute atomic E-state index is 11.7. The predicted octanol–water partition coefficient (Wildman–Crippen LogP) is 3.00. The Morgan fingerprint density at radius 3 is 2.44 bits per heavy atom. The van der Waals surface area contributed by atoms with Crippen LogP contribution in [0, 0.1) is 0 Å². The van der Waals surface area contributed by atoms with Crippen LogP contribution in [0.1, 0.15) is 64.7 Å². The molecular formula is C12H22O3S. The van der Waals surface area contributed by atoms with Crippen LogP contribution in [0.2, 0.25) is 0 Å². The van der Waals surface area contributed by atoms with Gasteiger partial charge in [0.2, 0.25) is 0 Å². The minimum absolute atomic E-state index is 0.202. The summed E-state index contributed by atoms with van der Waals surface area (Å²) in [5, 5.41) is -0.202. The predicted molar refractivity (Wildman–Crippen MR) is 63.8 cm³/mol. The summed E-state index contributed by atoms with van der Waals surface area (Å²) in [7, 11) is -3.21. The smallest absolute Gasteiger partial charge is 0.262 e. The van der Waals surface area contributed by atoms with Crippen LogP contribution in [0.25, 0.3) is 0 Å². The molecule has 4 heteroatoms. The summed E-state index contributed by atoms with van der Waals surface area (Å²) in [6.07, 6.45) is 9.46. The molecule has 1 atom stereocenters. The molecule has 1 aliphatic heterocycles. The van der Waals surface area contributed by atoms with Gasteiger partial charge in [0, 0.05) is 0 Å². The first-order valence-electron chi connectivity index (χ1n) is 6.55. The molecular weight excluding hydrogens is 224 g/mol. The first-order valence-corrected chi connectivity index (χ1v) is 8.02. The van der Waals surface area contributed by atoms with Crippen LogP contribution < -0.4 is 0 Å². The van der Waals surface area contributed by atoms with Crippen molar-refractivity contribution in [1.82, 2.24) is 0 Å². The molecule has 2 fully saturated rings. The average Bonchev–Trinajstić information content (AvgIpc) is 2.24. The van der Waals surface area contributed by atoms with Gasteiger partial charge in [-0.25, -0.2) is 0 Å². The molecule has 1 saturated heterocycles. The van der Waals surface area contributed by atoms with Crippen LogP contribution in [-0.2, 0) is 14.3 Å². The van der Waals surface area contributed by atoms with Crippen molar-refractivity contribution in [3.05, 3.63) is 0 Å². The van der Waals surface area contributed by atoms with E-state index in [0.717, 1.165) is 51.4 Å². The van der Waals surface area contributed by atoms with Crippen molar-refractivity contribution < 1.29 is 12.6 Å². The Kier molecular flexibility index (Phi) is 3.59. The van der Waals surface area contributed by atoms with Crippen LogP contribution in [0.15, 0.2) is 0 Å². The lowest BCUT2D eigenvalue weighted by Gasteiger charge is -2.49. The van der Waals surface area contributed by atoms with Gasteiger partial charge in [-0.2, -0.15) is 8.42 Å². The third-order valence-corrected chi connectivity index (χ3v) is 5.91. The number of hydrogen-bond acceptors (Lipinski definition) is 3. The molecule has 1 aliphatic carbocycles. The quantitative estimate of drug-likeness (QED) is 0.565. The lowest BCUT2D eigenvalue weighted by molar-refractivity contribution is -0.0195. The van der Waals surface area contributed by atoms with E-state index in [1.807, 2.05) is 0 Å². The Morgan fingerprint density at radius 1 is 1.19 bits per heavy atom. The highest BCUT2D eigenvalue weighted by Crippen LogP contribution is 2.48. The second-order valence-corrected chi connectivity index (χ2v) is 6.91. The van der Waals surface area contributed by atoms with Crippen molar-refractivity contribution >= 4 is 10.1 Å². The summed E-state index contributed by atoms with van der Waals surface area (Å²) >= 11 is 0. The summed E-state index contributed by atoms with van der Waals surface area (Å²) in [6, 6.07) is 0. The van der Waals surface area contributed by atoms with E-state index in [2.05, 4.69) is 6.92 Å². The standard InChI is InChI=1S/C12H22O3S/c1-2-3-5-8-11-12(15-16(11,13)14)9-6-4-7-10-12/h11H,2-10H2,1H3. The molecule has 1 spiro atoms. The molecule has 1 unspecified atom stereocenters. The summed E-state index contributed by atoms with van der Waals surface area (Å²) < 4.78 is 28.6. The molecule has 1 heterocycles. The van der Waals surface area contributed by atoms with Crippen LogP contribution in [0.4, 0.5) is 0 Å². The zero-order valence-electron chi connectivity index (χ0n) is 10.1. The van der Waals surface area contributed by atoms with Gasteiger partial charge in [0.05, 0.1) is 0 Å². The molecule has 94 valence electrons. The fourth-order valence-electron chi connectivity index (χ4n) is 3.11. The van der Waals surface area contributed by atoms with E-state index in [1.54, 1.807) is 0 Å². The summed E-state index contributed by atoms with van der Waals surface area (Å²) in [5.41, 5.74) is -0.287. The molecule has 0 radical (unpaired) electrons. The minimum Gasteiger partial charge on any atom is -0.262 e. The zero-order valence-corrected chi connectivity index (χ0v) is 10.9. The second kappa shape index (κ2) is 4.65. The first kappa shape index (κ1) is 12.4. The highest BCUT2D eigenvalue weighted by Gasteiger charge is 2.59. The van der Waals surface area contributed by atoms with Gasteiger partial charge in [-0.05, 0) is 19.3 Å². The van der Waals surface area contributed by atoms with Crippen LogP contribution in [0.5, 0.6) is 0 Å². The third-order valence-electron chi connectivity index (χ3n) is 3.99. The van der Waals surface area contributed by atoms with Gasteiger partial charge in [-0.3, -0.25) is 4.18 Å². The van der Waals surface area contributed by atoms with Gasteiger partial charge in [0.1, 0.15) is 10.9 Å². The number of unbranched alkanes of at least 4 members (excludes halogenated alkanes) is 2. The number of hydrogen-bond donors (Lipinski definition) is 0. The average molecular weight is 246 g/mol. The molecule has 2 rings (SSSR count). The second-order valence-electron chi connectivity index (χ2n) is 5.19. The molecule has 16 heavy (non-hydrogen) atoms. The molecule has 0 bridgehead atoms. The number of rotatable bonds is 4. The highest BCUT2D eigenvalue weighted by atomic mass is 32.2. The van der Waals surface area contributed by atoms with Crippen molar-refractivity contribution in [1.29, 1.82) is 0 Å². The Hall–Kier alpha value is -0.0900. The maximum atomic E-state index is 11.7. The van der Waals surface area contributed by atoms with Gasteiger partial charge >= 0.3 is 0 Å². The normalized spacial score (nSPS) is 31.2. The lowest BCUT2D eigenvalue weighted by Crippen LogP contribution is -2.61. The van der Waals surface area contributed by atoms with E-state index < -0.39 is 10.1 Å². The van der Waals surface area contributed by atoms with Crippen molar-refractivity contribution in [2.75, 3.05) is 0 Å². The van der Waals surface area contributed by atoms with Gasteiger partial charge in [0.15, 0.2) is 0 Å². The molecule has 0 aromatic carbocycles. The Morgan fingerprint density at radius 2 is 1.88 bits per heavy atom. The van der Waals surface area contributed by atoms with Crippen molar-refractivity contribution in [3.63, 3.8) is 0 Å².